The number of hydrogen-bond acceptors (Lipinski definition) is 3. The maximum absolute atomic E-state index is 8.19. The first-order chi connectivity index (χ1) is 20.5. The summed E-state index contributed by atoms with van der Waals surface area (Å²) in [7, 11) is -7.72. The van der Waals surface area contributed by atoms with Gasteiger partial charge in [0.1, 0.15) is 6.63 Å². The van der Waals surface area contributed by atoms with E-state index in [4.69, 9.17) is 13.3 Å². The second-order valence-corrected chi connectivity index (χ2v) is 49.5. The van der Waals surface area contributed by atoms with Crippen LogP contribution in [0.4, 0.5) is 0 Å². The van der Waals surface area contributed by atoms with Crippen LogP contribution in [0, 0.1) is 0 Å². The third-order valence-electron chi connectivity index (χ3n) is 13.3. The molecule has 9 unspecified atom stereocenters. The largest absolute Gasteiger partial charge is 0.417 e. The summed E-state index contributed by atoms with van der Waals surface area (Å²) in [5.74, 6) is 0. The summed E-state index contributed by atoms with van der Waals surface area (Å²) in [4.78, 5) is 0. The molecule has 0 aromatic rings. The molecule has 0 spiro atoms. The monoisotopic (exact) mass is 689 g/mol. The van der Waals surface area contributed by atoms with Gasteiger partial charge in [-0.15, -0.1) is 0 Å². The van der Waals surface area contributed by atoms with Gasteiger partial charge in [0, 0.05) is 18.3 Å². The lowest BCUT2D eigenvalue weighted by Gasteiger charge is -2.69. The molecule has 0 rings (SSSR count). The van der Waals surface area contributed by atoms with Crippen molar-refractivity contribution in [1.82, 2.24) is 0 Å². The normalized spacial score (nSPS) is 24.3. The SMILES string of the molecule is CCC(C)O[Si](C(C)CC)(C(C)CC)[Si](C)([Si](OC(C)CC)(C(C)CC)C(C)CC)[Si](OC(C)CC)(C(C)CC)C(C)CC. The Hall–Kier alpha value is 0.748. The van der Waals surface area contributed by atoms with Crippen molar-refractivity contribution >= 4 is 30.1 Å². The van der Waals surface area contributed by atoms with Crippen LogP contribution in [0.25, 0.3) is 0 Å². The summed E-state index contributed by atoms with van der Waals surface area (Å²) in [6.45, 7) is 45.3. The zero-order valence-corrected chi connectivity index (χ0v) is 37.8. The summed E-state index contributed by atoms with van der Waals surface area (Å²) in [5, 5.41) is 0. The third-order valence-corrected chi connectivity index (χ3v) is 76.7. The van der Waals surface area contributed by atoms with Gasteiger partial charge in [-0.05, 0) is 73.3 Å². The van der Waals surface area contributed by atoms with Crippen molar-refractivity contribution in [3.05, 3.63) is 0 Å². The molecule has 44 heavy (non-hydrogen) atoms. The molecule has 0 saturated carbocycles. The van der Waals surface area contributed by atoms with Gasteiger partial charge < -0.3 is 13.3 Å². The van der Waals surface area contributed by atoms with Crippen LogP contribution in [-0.2, 0) is 13.3 Å². The molecule has 0 fully saturated rings. The van der Waals surface area contributed by atoms with E-state index in [0.717, 1.165) is 19.3 Å². The van der Waals surface area contributed by atoms with Gasteiger partial charge in [-0.2, -0.15) is 0 Å². The first-order valence-corrected chi connectivity index (χ1v) is 31.2. The van der Waals surface area contributed by atoms with E-state index in [9.17, 15) is 0 Å². The molecule has 0 aliphatic carbocycles. The highest BCUT2D eigenvalue weighted by Gasteiger charge is 2.82. The number of rotatable bonds is 24. The Morgan fingerprint density at radius 2 is 0.477 bits per heavy atom. The topological polar surface area (TPSA) is 27.7 Å². The lowest BCUT2D eigenvalue weighted by atomic mass is 10.3. The summed E-state index contributed by atoms with van der Waals surface area (Å²) >= 11 is 0. The predicted octanol–water partition coefficient (Wildman–Crippen LogP) is 13.4. The zero-order valence-electron chi connectivity index (χ0n) is 33.8. The Morgan fingerprint density at radius 1 is 0.318 bits per heavy atom. The molecule has 0 N–H and O–H groups in total. The molecule has 0 aliphatic rings. The molecule has 0 amide bonds. The Bertz CT molecular complexity index is 652. The Kier molecular flexibility index (Phi) is 20.0. The van der Waals surface area contributed by atoms with Gasteiger partial charge in [0.25, 0.3) is 0 Å². The quantitative estimate of drug-likeness (QED) is 0.0945. The van der Waals surface area contributed by atoms with Crippen LogP contribution < -0.4 is 0 Å². The fraction of sp³-hybridized carbons (Fsp3) is 1.00. The first kappa shape index (κ1) is 44.7. The molecular weight excluding hydrogens is 605 g/mol. The summed E-state index contributed by atoms with van der Waals surface area (Å²) in [6, 6.07) is 0. The molecule has 0 aromatic carbocycles. The maximum atomic E-state index is 8.19. The summed E-state index contributed by atoms with van der Waals surface area (Å²) < 4.78 is 24.6. The van der Waals surface area contributed by atoms with E-state index in [0.29, 0.717) is 33.2 Å². The van der Waals surface area contributed by atoms with Crippen LogP contribution in [0.3, 0.4) is 0 Å². The highest BCUT2D eigenvalue weighted by atomic mass is 29.9. The summed E-state index contributed by atoms with van der Waals surface area (Å²) in [6.07, 6.45) is 11.2. The fourth-order valence-corrected chi connectivity index (χ4v) is 105. The summed E-state index contributed by atoms with van der Waals surface area (Å²) in [5.41, 5.74) is 3.44. The molecule has 7 heteroatoms. The van der Waals surface area contributed by atoms with Crippen LogP contribution in [0.5, 0.6) is 0 Å². The molecule has 0 radical (unpaired) electrons. The van der Waals surface area contributed by atoms with Gasteiger partial charge in [0.15, 0.2) is 23.5 Å². The van der Waals surface area contributed by atoms with Crippen molar-refractivity contribution in [3.63, 3.8) is 0 Å². The van der Waals surface area contributed by atoms with Gasteiger partial charge in [-0.1, -0.05) is 149 Å². The minimum atomic E-state index is -2.58. The van der Waals surface area contributed by atoms with E-state index in [1.54, 1.807) is 0 Å². The van der Waals surface area contributed by atoms with E-state index >= 15 is 0 Å². The lowest BCUT2D eigenvalue weighted by molar-refractivity contribution is 0.186. The molecule has 0 bridgehead atoms. The van der Waals surface area contributed by atoms with E-state index in [1.807, 2.05) is 0 Å². The van der Waals surface area contributed by atoms with Crippen molar-refractivity contribution in [1.29, 1.82) is 0 Å². The standard InChI is InChI=1S/C37H84O3Si4/c1-20-29(10)38-42(32(13)23-4,33(14)24-5)41(19,43(34(15)25-6,35(16)26-7)39-30(11)21-2)44(36(17)27-8,37(18)28-9)40-31(12)22-3/h29-37H,20-28H2,1-19H3. The minimum absolute atomic E-state index is 0.268. The molecule has 266 valence electrons. The zero-order chi connectivity index (χ0) is 34.7. The van der Waals surface area contributed by atoms with Gasteiger partial charge in [0.05, 0.1) is 0 Å². The van der Waals surface area contributed by atoms with Gasteiger partial charge in [-0.3, -0.25) is 0 Å². The number of hydrogen-bond donors (Lipinski definition) is 0. The van der Waals surface area contributed by atoms with Crippen molar-refractivity contribution in [2.45, 2.75) is 241 Å². The molecular formula is C37H84O3Si4. The minimum Gasteiger partial charge on any atom is -0.417 e. The molecule has 0 saturated heterocycles. The molecule has 3 nitrogen and oxygen atoms in total. The lowest BCUT2D eigenvalue weighted by Crippen LogP contribution is -2.94. The van der Waals surface area contributed by atoms with E-state index in [2.05, 4.69) is 131 Å². The Morgan fingerprint density at radius 3 is 0.591 bits per heavy atom. The molecule has 0 heterocycles. The van der Waals surface area contributed by atoms with Crippen LogP contribution in [-0.4, -0.2) is 48.4 Å². The van der Waals surface area contributed by atoms with E-state index in [1.165, 1.54) is 38.5 Å². The first-order valence-electron chi connectivity index (χ1n) is 19.5. The van der Waals surface area contributed by atoms with Gasteiger partial charge in [-0.25, -0.2) is 0 Å². The van der Waals surface area contributed by atoms with Crippen LogP contribution in [0.15, 0.2) is 0 Å². The van der Waals surface area contributed by atoms with Gasteiger partial charge >= 0.3 is 0 Å². The fourth-order valence-electron chi connectivity index (χ4n) is 9.45. The molecule has 0 aliphatic heterocycles. The Balaban J connectivity index is 9.45. The second kappa shape index (κ2) is 19.7. The second-order valence-electron chi connectivity index (χ2n) is 15.4. The predicted molar refractivity (Wildman–Crippen MR) is 210 cm³/mol. The van der Waals surface area contributed by atoms with E-state index < -0.39 is 30.1 Å². The van der Waals surface area contributed by atoms with Crippen LogP contribution in [0.1, 0.15) is 182 Å². The molecule has 9 atom stereocenters. The van der Waals surface area contributed by atoms with Crippen molar-refractivity contribution in [2.24, 2.45) is 0 Å². The van der Waals surface area contributed by atoms with Crippen molar-refractivity contribution in [3.8, 4) is 0 Å². The van der Waals surface area contributed by atoms with Crippen molar-refractivity contribution < 1.29 is 13.3 Å². The Labute approximate surface area is 282 Å². The van der Waals surface area contributed by atoms with Gasteiger partial charge in [0.2, 0.25) is 0 Å². The average Bonchev–Trinajstić information content (AvgIpc) is 3.04. The smallest absolute Gasteiger partial charge is 0.186 e. The average molecular weight is 689 g/mol. The highest BCUT2D eigenvalue weighted by molar-refractivity contribution is 7.88. The molecule has 0 aromatic heterocycles. The van der Waals surface area contributed by atoms with Crippen molar-refractivity contribution in [2.75, 3.05) is 0 Å². The highest BCUT2D eigenvalue weighted by Crippen LogP contribution is 2.62. The van der Waals surface area contributed by atoms with E-state index in [-0.39, 0.29) is 18.3 Å². The van der Waals surface area contributed by atoms with Crippen LogP contribution in [0.2, 0.25) is 39.8 Å². The van der Waals surface area contributed by atoms with Crippen LogP contribution >= 0.6 is 0 Å². The maximum Gasteiger partial charge on any atom is 0.186 e. The third kappa shape index (κ3) is 7.96.